The van der Waals surface area contributed by atoms with Crippen LogP contribution in [0.4, 0.5) is 5.69 Å². The van der Waals surface area contributed by atoms with Crippen LogP contribution in [0.2, 0.25) is 0 Å². The first kappa shape index (κ1) is 11.0. The van der Waals surface area contributed by atoms with Gasteiger partial charge in [0.05, 0.1) is 20.0 Å². The highest BCUT2D eigenvalue weighted by Gasteiger charge is 2.16. The molecule has 0 fully saturated rings. The third kappa shape index (κ3) is 2.27. The van der Waals surface area contributed by atoms with Crippen molar-refractivity contribution >= 4 is 5.69 Å². The SMILES string of the molecule is CN1C=CN(CN2C=CN(c3ccccc3)C2)C1. The first-order valence-corrected chi connectivity index (χ1v) is 6.18. The minimum Gasteiger partial charge on any atom is -0.362 e. The molecule has 1 aromatic carbocycles. The number of rotatable bonds is 3. The molecule has 0 atom stereocenters. The van der Waals surface area contributed by atoms with Crippen LogP contribution in [0.1, 0.15) is 0 Å². The highest BCUT2D eigenvalue weighted by Crippen LogP contribution is 2.19. The van der Waals surface area contributed by atoms with Crippen molar-refractivity contribution in [1.82, 2.24) is 14.7 Å². The van der Waals surface area contributed by atoms with Crippen LogP contribution in [0, 0.1) is 0 Å². The molecular weight excluding hydrogens is 224 g/mol. The summed E-state index contributed by atoms with van der Waals surface area (Å²) in [5.41, 5.74) is 1.24. The Labute approximate surface area is 108 Å². The first-order chi connectivity index (χ1) is 8.81. The van der Waals surface area contributed by atoms with Gasteiger partial charge in [0.15, 0.2) is 0 Å². The molecule has 0 saturated heterocycles. The lowest BCUT2D eigenvalue weighted by Crippen LogP contribution is -2.35. The number of benzene rings is 1. The van der Waals surface area contributed by atoms with E-state index in [1.165, 1.54) is 5.69 Å². The minimum atomic E-state index is 0.915. The van der Waals surface area contributed by atoms with Crippen LogP contribution in [0.15, 0.2) is 55.1 Å². The van der Waals surface area contributed by atoms with Crippen LogP contribution in [0.3, 0.4) is 0 Å². The van der Waals surface area contributed by atoms with E-state index < -0.39 is 0 Å². The molecule has 0 unspecified atom stereocenters. The lowest BCUT2D eigenvalue weighted by atomic mass is 10.3. The van der Waals surface area contributed by atoms with Crippen LogP contribution >= 0.6 is 0 Å². The van der Waals surface area contributed by atoms with E-state index >= 15 is 0 Å². The predicted molar refractivity (Wildman–Crippen MR) is 73.2 cm³/mol. The van der Waals surface area contributed by atoms with E-state index in [0.29, 0.717) is 0 Å². The Hall–Kier alpha value is -2.10. The van der Waals surface area contributed by atoms with Crippen molar-refractivity contribution in [2.45, 2.75) is 0 Å². The van der Waals surface area contributed by atoms with Crippen molar-refractivity contribution < 1.29 is 0 Å². The van der Waals surface area contributed by atoms with Gasteiger partial charge in [0.2, 0.25) is 0 Å². The van der Waals surface area contributed by atoms with Gasteiger partial charge in [-0.05, 0) is 12.1 Å². The van der Waals surface area contributed by atoms with E-state index in [2.05, 4.69) is 75.7 Å². The minimum absolute atomic E-state index is 0.915. The first-order valence-electron chi connectivity index (χ1n) is 6.18. The van der Waals surface area contributed by atoms with Crippen molar-refractivity contribution in [2.75, 3.05) is 32.0 Å². The summed E-state index contributed by atoms with van der Waals surface area (Å²) in [4.78, 5) is 9.02. The molecule has 0 saturated carbocycles. The van der Waals surface area contributed by atoms with Gasteiger partial charge in [-0.15, -0.1) is 0 Å². The summed E-state index contributed by atoms with van der Waals surface area (Å²) in [5.74, 6) is 0. The molecule has 1 aromatic rings. The van der Waals surface area contributed by atoms with E-state index in [9.17, 15) is 0 Å². The van der Waals surface area contributed by atoms with Crippen LogP contribution < -0.4 is 4.90 Å². The third-order valence-electron chi connectivity index (χ3n) is 3.18. The van der Waals surface area contributed by atoms with E-state index in [-0.39, 0.29) is 0 Å². The number of hydrogen-bond acceptors (Lipinski definition) is 4. The third-order valence-corrected chi connectivity index (χ3v) is 3.18. The monoisotopic (exact) mass is 242 g/mol. The summed E-state index contributed by atoms with van der Waals surface area (Å²) in [7, 11) is 2.09. The molecule has 2 aliphatic heterocycles. The fourth-order valence-electron chi connectivity index (χ4n) is 2.26. The Morgan fingerprint density at radius 2 is 1.61 bits per heavy atom. The standard InChI is InChI=1S/C14H18N4/c1-15-7-8-16(11-15)12-17-9-10-18(13-17)14-5-3-2-4-6-14/h2-10H,11-13H2,1H3. The summed E-state index contributed by atoms with van der Waals surface area (Å²) >= 11 is 0. The van der Waals surface area contributed by atoms with Gasteiger partial charge in [0.25, 0.3) is 0 Å². The zero-order chi connectivity index (χ0) is 12.4. The van der Waals surface area contributed by atoms with Crippen molar-refractivity contribution in [2.24, 2.45) is 0 Å². The molecule has 0 aliphatic carbocycles. The second-order valence-electron chi connectivity index (χ2n) is 4.76. The maximum Gasteiger partial charge on any atom is 0.0958 e. The number of nitrogens with zero attached hydrogens (tertiary/aromatic N) is 4. The largest absolute Gasteiger partial charge is 0.362 e. The molecular formula is C14H18N4. The molecule has 2 aliphatic rings. The van der Waals surface area contributed by atoms with E-state index in [1.54, 1.807) is 0 Å². The molecule has 0 radical (unpaired) electrons. The fraction of sp³-hybridized carbons (Fsp3) is 0.286. The summed E-state index contributed by atoms with van der Waals surface area (Å²) < 4.78 is 0. The molecule has 94 valence electrons. The zero-order valence-electron chi connectivity index (χ0n) is 10.6. The van der Waals surface area contributed by atoms with Gasteiger partial charge < -0.3 is 19.6 Å². The van der Waals surface area contributed by atoms with E-state index in [0.717, 1.165) is 20.0 Å². The molecule has 0 amide bonds. The van der Waals surface area contributed by atoms with Gasteiger partial charge in [-0.25, -0.2) is 0 Å². The Kier molecular flexibility index (Phi) is 2.84. The van der Waals surface area contributed by atoms with Gasteiger partial charge in [0.1, 0.15) is 0 Å². The Morgan fingerprint density at radius 1 is 0.889 bits per heavy atom. The molecule has 0 bridgehead atoms. The lowest BCUT2D eigenvalue weighted by Gasteiger charge is -2.26. The summed E-state index contributed by atoms with van der Waals surface area (Å²) in [6.07, 6.45) is 8.53. The second kappa shape index (κ2) is 4.64. The van der Waals surface area contributed by atoms with Gasteiger partial charge in [-0.2, -0.15) is 0 Å². The lowest BCUT2D eigenvalue weighted by molar-refractivity contribution is 0.207. The molecule has 0 spiro atoms. The van der Waals surface area contributed by atoms with Crippen LogP contribution in [-0.4, -0.2) is 41.8 Å². The number of para-hydroxylation sites is 1. The van der Waals surface area contributed by atoms with Crippen molar-refractivity contribution in [3.8, 4) is 0 Å². The van der Waals surface area contributed by atoms with Crippen molar-refractivity contribution in [3.05, 3.63) is 55.1 Å². The fourth-order valence-corrected chi connectivity index (χ4v) is 2.26. The molecule has 0 aromatic heterocycles. The van der Waals surface area contributed by atoms with E-state index in [1.807, 2.05) is 6.07 Å². The molecule has 3 rings (SSSR count). The Bertz CT molecular complexity index is 454. The maximum absolute atomic E-state index is 2.30. The Morgan fingerprint density at radius 3 is 2.33 bits per heavy atom. The topological polar surface area (TPSA) is 13.0 Å². The molecule has 18 heavy (non-hydrogen) atoms. The van der Waals surface area contributed by atoms with E-state index in [4.69, 9.17) is 0 Å². The molecule has 2 heterocycles. The molecule has 0 N–H and O–H groups in total. The van der Waals surface area contributed by atoms with Crippen molar-refractivity contribution in [3.63, 3.8) is 0 Å². The summed E-state index contributed by atoms with van der Waals surface area (Å²) in [6, 6.07) is 10.5. The van der Waals surface area contributed by atoms with Crippen LogP contribution in [0.5, 0.6) is 0 Å². The van der Waals surface area contributed by atoms with Crippen LogP contribution in [0.25, 0.3) is 0 Å². The maximum atomic E-state index is 2.30. The Balaban J connectivity index is 1.57. The zero-order valence-corrected chi connectivity index (χ0v) is 10.6. The molecule has 4 nitrogen and oxygen atoms in total. The predicted octanol–water partition coefficient (Wildman–Crippen LogP) is 1.87. The molecule has 4 heteroatoms. The normalized spacial score (nSPS) is 18.3. The summed E-state index contributed by atoms with van der Waals surface area (Å²) in [5, 5.41) is 0. The van der Waals surface area contributed by atoms with Crippen LogP contribution in [-0.2, 0) is 0 Å². The number of hydrogen-bond donors (Lipinski definition) is 0. The quantitative estimate of drug-likeness (QED) is 0.802. The van der Waals surface area contributed by atoms with Crippen molar-refractivity contribution in [1.29, 1.82) is 0 Å². The smallest absolute Gasteiger partial charge is 0.0958 e. The average molecular weight is 242 g/mol. The number of anilines is 1. The highest BCUT2D eigenvalue weighted by atomic mass is 15.4. The second-order valence-corrected chi connectivity index (χ2v) is 4.76. The summed E-state index contributed by atoms with van der Waals surface area (Å²) in [6.45, 7) is 2.81. The van der Waals surface area contributed by atoms with Gasteiger partial charge >= 0.3 is 0 Å². The highest BCUT2D eigenvalue weighted by molar-refractivity contribution is 5.49. The average Bonchev–Trinajstić information content (AvgIpc) is 3.01. The van der Waals surface area contributed by atoms with Gasteiger partial charge in [-0.1, -0.05) is 18.2 Å². The van der Waals surface area contributed by atoms with Gasteiger partial charge in [-0.3, -0.25) is 0 Å². The van der Waals surface area contributed by atoms with Gasteiger partial charge in [0, 0.05) is 37.5 Å².